The first-order valence-electron chi connectivity index (χ1n) is 4.74. The molecule has 0 saturated carbocycles. The lowest BCUT2D eigenvalue weighted by atomic mass is 10.2. The van der Waals surface area contributed by atoms with E-state index in [1.54, 1.807) is 6.08 Å². The van der Waals surface area contributed by atoms with Crippen molar-refractivity contribution in [2.45, 2.75) is 39.2 Å². The lowest BCUT2D eigenvalue weighted by Gasteiger charge is -2.19. The van der Waals surface area contributed by atoms with Crippen LogP contribution in [-0.2, 0) is 9.47 Å². The second kappa shape index (κ2) is 4.31. The summed E-state index contributed by atoms with van der Waals surface area (Å²) < 4.78 is 10.0. The SMILES string of the molecule is CC(C)(C)OC(=O)OC1=CC=CCC1. The van der Waals surface area contributed by atoms with Crippen LogP contribution >= 0.6 is 0 Å². The van der Waals surface area contributed by atoms with E-state index in [4.69, 9.17) is 9.47 Å². The van der Waals surface area contributed by atoms with Crippen molar-refractivity contribution >= 4 is 6.16 Å². The van der Waals surface area contributed by atoms with E-state index in [1.165, 1.54) is 0 Å². The van der Waals surface area contributed by atoms with Gasteiger partial charge < -0.3 is 9.47 Å². The minimum absolute atomic E-state index is 0.498. The maximum atomic E-state index is 11.2. The van der Waals surface area contributed by atoms with Gasteiger partial charge in [-0.2, -0.15) is 0 Å². The van der Waals surface area contributed by atoms with Gasteiger partial charge in [-0.05, 0) is 33.3 Å². The summed E-state index contributed by atoms with van der Waals surface area (Å²) >= 11 is 0. The zero-order chi connectivity index (χ0) is 10.6. The van der Waals surface area contributed by atoms with Crippen LogP contribution in [-0.4, -0.2) is 11.8 Å². The van der Waals surface area contributed by atoms with E-state index >= 15 is 0 Å². The number of ether oxygens (including phenoxy) is 2. The van der Waals surface area contributed by atoms with Gasteiger partial charge in [0, 0.05) is 6.42 Å². The van der Waals surface area contributed by atoms with Gasteiger partial charge in [0.1, 0.15) is 11.4 Å². The molecule has 0 atom stereocenters. The van der Waals surface area contributed by atoms with Crippen LogP contribution in [0.3, 0.4) is 0 Å². The molecule has 3 nitrogen and oxygen atoms in total. The Balaban J connectivity index is 2.41. The third kappa shape index (κ3) is 4.12. The highest BCUT2D eigenvalue weighted by Crippen LogP contribution is 2.16. The van der Waals surface area contributed by atoms with Gasteiger partial charge in [-0.1, -0.05) is 12.2 Å². The Morgan fingerprint density at radius 1 is 1.43 bits per heavy atom. The fraction of sp³-hybridized carbons (Fsp3) is 0.545. The molecule has 0 spiro atoms. The van der Waals surface area contributed by atoms with Crippen LogP contribution in [0, 0.1) is 0 Å². The fourth-order valence-electron chi connectivity index (χ4n) is 1.04. The van der Waals surface area contributed by atoms with Crippen molar-refractivity contribution in [3.63, 3.8) is 0 Å². The number of allylic oxidation sites excluding steroid dienone is 4. The van der Waals surface area contributed by atoms with E-state index in [2.05, 4.69) is 0 Å². The first-order chi connectivity index (χ1) is 6.47. The second-order valence-corrected chi connectivity index (χ2v) is 4.17. The standard InChI is InChI=1S/C11H16O3/c1-11(2,3)14-10(12)13-9-7-5-4-6-8-9/h4-5,7H,6,8H2,1-3H3. The first-order valence-corrected chi connectivity index (χ1v) is 4.74. The molecule has 0 aromatic heterocycles. The topological polar surface area (TPSA) is 35.5 Å². The summed E-state index contributed by atoms with van der Waals surface area (Å²) in [5, 5.41) is 0. The van der Waals surface area contributed by atoms with Crippen LogP contribution in [0.2, 0.25) is 0 Å². The summed E-state index contributed by atoms with van der Waals surface area (Å²) in [7, 11) is 0. The molecule has 0 unspecified atom stereocenters. The fourth-order valence-corrected chi connectivity index (χ4v) is 1.04. The van der Waals surface area contributed by atoms with Crippen LogP contribution in [0.1, 0.15) is 33.6 Å². The lowest BCUT2D eigenvalue weighted by Crippen LogP contribution is -2.24. The van der Waals surface area contributed by atoms with E-state index in [-0.39, 0.29) is 0 Å². The van der Waals surface area contributed by atoms with Gasteiger partial charge in [0.25, 0.3) is 0 Å². The van der Waals surface area contributed by atoms with Crippen molar-refractivity contribution in [3.05, 3.63) is 24.0 Å². The van der Waals surface area contributed by atoms with Crippen LogP contribution in [0.5, 0.6) is 0 Å². The Hall–Kier alpha value is -1.25. The number of carbonyl (C=O) groups excluding carboxylic acids is 1. The molecule has 1 aliphatic carbocycles. The minimum Gasteiger partial charge on any atom is -0.428 e. The zero-order valence-corrected chi connectivity index (χ0v) is 8.87. The molecular weight excluding hydrogens is 180 g/mol. The largest absolute Gasteiger partial charge is 0.514 e. The monoisotopic (exact) mass is 196 g/mol. The van der Waals surface area contributed by atoms with E-state index in [0.717, 1.165) is 12.8 Å². The van der Waals surface area contributed by atoms with Crippen LogP contribution in [0.4, 0.5) is 4.79 Å². The summed E-state index contributed by atoms with van der Waals surface area (Å²) in [6.45, 7) is 5.43. The molecule has 0 saturated heterocycles. The average molecular weight is 196 g/mol. The quantitative estimate of drug-likeness (QED) is 0.604. The Bertz CT molecular complexity index is 269. The molecule has 1 rings (SSSR count). The summed E-state index contributed by atoms with van der Waals surface area (Å²) in [6, 6.07) is 0. The van der Waals surface area contributed by atoms with Gasteiger partial charge in [-0.15, -0.1) is 0 Å². The third-order valence-electron chi connectivity index (χ3n) is 1.58. The Morgan fingerprint density at radius 3 is 2.64 bits per heavy atom. The molecule has 78 valence electrons. The second-order valence-electron chi connectivity index (χ2n) is 4.17. The van der Waals surface area contributed by atoms with E-state index in [1.807, 2.05) is 32.9 Å². The third-order valence-corrected chi connectivity index (χ3v) is 1.58. The molecule has 0 aromatic rings. The summed E-state index contributed by atoms with van der Waals surface area (Å²) in [6.07, 6.45) is 6.74. The molecule has 1 aliphatic rings. The maximum absolute atomic E-state index is 11.2. The lowest BCUT2D eigenvalue weighted by molar-refractivity contribution is 0.00529. The Kier molecular flexibility index (Phi) is 3.33. The van der Waals surface area contributed by atoms with Gasteiger partial charge in [0.05, 0.1) is 0 Å². The normalized spacial score (nSPS) is 16.1. The van der Waals surface area contributed by atoms with Gasteiger partial charge in [0.15, 0.2) is 0 Å². The Morgan fingerprint density at radius 2 is 2.14 bits per heavy atom. The molecule has 0 bridgehead atoms. The summed E-state index contributed by atoms with van der Waals surface area (Å²) in [5.74, 6) is 0.668. The maximum Gasteiger partial charge on any atom is 0.514 e. The highest BCUT2D eigenvalue weighted by molar-refractivity contribution is 5.62. The van der Waals surface area contributed by atoms with Crippen molar-refractivity contribution < 1.29 is 14.3 Å². The molecule has 0 radical (unpaired) electrons. The predicted molar refractivity (Wildman–Crippen MR) is 53.8 cm³/mol. The molecule has 0 amide bonds. The van der Waals surface area contributed by atoms with Gasteiger partial charge >= 0.3 is 6.16 Å². The summed E-state index contributed by atoms with van der Waals surface area (Å²) in [5.41, 5.74) is -0.498. The molecular formula is C11H16O3. The number of hydrogen-bond donors (Lipinski definition) is 0. The molecule has 0 aliphatic heterocycles. The van der Waals surface area contributed by atoms with Crippen molar-refractivity contribution in [2.24, 2.45) is 0 Å². The van der Waals surface area contributed by atoms with E-state index < -0.39 is 11.8 Å². The number of rotatable bonds is 1. The van der Waals surface area contributed by atoms with Gasteiger partial charge in [-0.3, -0.25) is 0 Å². The molecule has 0 N–H and O–H groups in total. The average Bonchev–Trinajstić information content (AvgIpc) is 2.02. The minimum atomic E-state index is -0.626. The first kappa shape index (κ1) is 10.8. The molecule has 0 aromatic carbocycles. The van der Waals surface area contributed by atoms with Crippen LogP contribution in [0.15, 0.2) is 24.0 Å². The summed E-state index contributed by atoms with van der Waals surface area (Å²) in [4.78, 5) is 11.2. The van der Waals surface area contributed by atoms with Gasteiger partial charge in [0.2, 0.25) is 0 Å². The number of carbonyl (C=O) groups is 1. The molecule has 0 fully saturated rings. The molecule has 0 heterocycles. The van der Waals surface area contributed by atoms with E-state index in [0.29, 0.717) is 5.76 Å². The molecule has 14 heavy (non-hydrogen) atoms. The predicted octanol–water partition coefficient (Wildman–Crippen LogP) is 3.17. The molecule has 3 heteroatoms. The van der Waals surface area contributed by atoms with Crippen LogP contribution in [0.25, 0.3) is 0 Å². The Labute approximate surface area is 84.4 Å². The van der Waals surface area contributed by atoms with Crippen molar-refractivity contribution in [1.29, 1.82) is 0 Å². The highest BCUT2D eigenvalue weighted by atomic mass is 16.7. The van der Waals surface area contributed by atoms with Gasteiger partial charge in [-0.25, -0.2) is 4.79 Å². The van der Waals surface area contributed by atoms with E-state index in [9.17, 15) is 4.79 Å². The van der Waals surface area contributed by atoms with Crippen molar-refractivity contribution in [2.75, 3.05) is 0 Å². The highest BCUT2D eigenvalue weighted by Gasteiger charge is 2.18. The van der Waals surface area contributed by atoms with Crippen molar-refractivity contribution in [1.82, 2.24) is 0 Å². The smallest absolute Gasteiger partial charge is 0.428 e. The van der Waals surface area contributed by atoms with Crippen molar-refractivity contribution in [3.8, 4) is 0 Å². The zero-order valence-electron chi connectivity index (χ0n) is 8.87. The number of hydrogen-bond acceptors (Lipinski definition) is 3. The van der Waals surface area contributed by atoms with Crippen LogP contribution < -0.4 is 0 Å².